The van der Waals surface area contributed by atoms with Gasteiger partial charge in [-0.2, -0.15) is 0 Å². The van der Waals surface area contributed by atoms with E-state index in [-0.39, 0.29) is 49.1 Å². The number of hydrogen-bond donors (Lipinski definition) is 0. The van der Waals surface area contributed by atoms with E-state index in [4.69, 9.17) is 16.3 Å². The van der Waals surface area contributed by atoms with Crippen LogP contribution in [0, 0.1) is 11.8 Å². The summed E-state index contributed by atoms with van der Waals surface area (Å²) in [5, 5.41) is 0.388. The van der Waals surface area contributed by atoms with Crippen LogP contribution < -0.4 is 0 Å². The zero-order valence-corrected chi connectivity index (χ0v) is 18.3. The minimum absolute atomic E-state index is 0.0403. The monoisotopic (exact) mass is 458 g/mol. The van der Waals surface area contributed by atoms with Crippen LogP contribution in [0.1, 0.15) is 45.4 Å². The topological polar surface area (TPSA) is 60.4 Å². The predicted octanol–water partition coefficient (Wildman–Crippen LogP) is 5.72. The normalized spacial score (nSPS) is 27.2. The van der Waals surface area contributed by atoms with E-state index < -0.39 is 32.2 Å². The van der Waals surface area contributed by atoms with Gasteiger partial charge in [0, 0.05) is 23.8 Å². The molecule has 2 aliphatic rings. The van der Waals surface area contributed by atoms with Crippen molar-refractivity contribution >= 4 is 27.4 Å². The first-order chi connectivity index (χ1) is 14.2. The number of allylic oxidation sites excluding steroid dienone is 4. The maximum absolute atomic E-state index is 14.9. The predicted molar refractivity (Wildman–Crippen MR) is 111 cm³/mol. The van der Waals surface area contributed by atoms with Gasteiger partial charge in [0.05, 0.1) is 16.2 Å². The lowest BCUT2D eigenvalue weighted by Gasteiger charge is -2.44. The summed E-state index contributed by atoms with van der Waals surface area (Å²) in [6.45, 7) is 2.01. The lowest BCUT2D eigenvalue weighted by Crippen LogP contribution is -2.49. The minimum Gasteiger partial charge on any atom is -0.466 e. The van der Waals surface area contributed by atoms with E-state index in [1.54, 1.807) is 6.92 Å². The van der Waals surface area contributed by atoms with Crippen molar-refractivity contribution in [2.24, 2.45) is 11.8 Å². The molecule has 0 aliphatic heterocycles. The second kappa shape index (κ2) is 9.18. The van der Waals surface area contributed by atoms with Crippen LogP contribution in [0.3, 0.4) is 0 Å². The summed E-state index contributed by atoms with van der Waals surface area (Å²) in [4.78, 5) is 11.9. The Morgan fingerprint density at radius 2 is 1.80 bits per heavy atom. The molecule has 0 saturated heterocycles. The Morgan fingerprint density at radius 1 is 1.17 bits per heavy atom. The number of rotatable bonds is 6. The Hall–Kier alpha value is -1.73. The van der Waals surface area contributed by atoms with Gasteiger partial charge in [-0.25, -0.2) is 17.2 Å². The molecule has 1 aromatic carbocycles. The molecule has 8 heteroatoms. The Kier molecular flexibility index (Phi) is 7.02. The average Bonchev–Trinajstić information content (AvgIpc) is 2.71. The van der Waals surface area contributed by atoms with Crippen molar-refractivity contribution in [3.05, 3.63) is 53.1 Å². The van der Waals surface area contributed by atoms with Gasteiger partial charge >= 0.3 is 5.97 Å². The van der Waals surface area contributed by atoms with E-state index in [2.05, 4.69) is 0 Å². The van der Waals surface area contributed by atoms with Crippen LogP contribution in [0.4, 0.5) is 8.78 Å². The van der Waals surface area contributed by atoms with Crippen molar-refractivity contribution in [1.29, 1.82) is 0 Å². The summed E-state index contributed by atoms with van der Waals surface area (Å²) in [6, 6.07) is 5.76. The molecule has 1 aromatic rings. The summed E-state index contributed by atoms with van der Waals surface area (Å²) in [5.41, 5.74) is 0. The molecule has 0 N–H and O–H groups in total. The van der Waals surface area contributed by atoms with Gasteiger partial charge in [-0.3, -0.25) is 4.79 Å². The van der Waals surface area contributed by atoms with E-state index >= 15 is 0 Å². The Balaban J connectivity index is 1.95. The van der Waals surface area contributed by atoms with Crippen LogP contribution in [0.5, 0.6) is 0 Å². The number of halogens is 3. The fraction of sp³-hybridized carbons (Fsp3) is 0.500. The molecule has 1 unspecified atom stereocenters. The summed E-state index contributed by atoms with van der Waals surface area (Å²) in [7, 11) is -4.01. The average molecular weight is 459 g/mol. The van der Waals surface area contributed by atoms with Gasteiger partial charge in [-0.15, -0.1) is 0 Å². The van der Waals surface area contributed by atoms with Gasteiger partial charge in [-0.1, -0.05) is 11.6 Å². The van der Waals surface area contributed by atoms with Crippen LogP contribution in [0.25, 0.3) is 0 Å². The molecule has 0 bridgehead atoms. The number of benzene rings is 1. The Bertz CT molecular complexity index is 946. The van der Waals surface area contributed by atoms with Gasteiger partial charge in [0.1, 0.15) is 11.7 Å². The van der Waals surface area contributed by atoms with E-state index in [0.717, 1.165) is 12.2 Å². The van der Waals surface area contributed by atoms with Crippen LogP contribution in [0.15, 0.2) is 53.0 Å². The highest BCUT2D eigenvalue weighted by atomic mass is 35.5. The molecular weight excluding hydrogens is 434 g/mol. The van der Waals surface area contributed by atoms with E-state index in [0.29, 0.717) is 17.9 Å². The van der Waals surface area contributed by atoms with Crippen molar-refractivity contribution in [2.75, 3.05) is 6.61 Å². The number of ether oxygens (including phenoxy) is 1. The molecule has 164 valence electrons. The highest BCUT2D eigenvalue weighted by Gasteiger charge is 2.54. The highest BCUT2D eigenvalue weighted by Crippen LogP contribution is 2.51. The molecule has 1 fully saturated rings. The zero-order valence-electron chi connectivity index (χ0n) is 16.7. The van der Waals surface area contributed by atoms with Crippen LogP contribution in [-0.2, 0) is 19.4 Å². The van der Waals surface area contributed by atoms with Gasteiger partial charge in [0.15, 0.2) is 9.84 Å². The van der Waals surface area contributed by atoms with Crippen molar-refractivity contribution < 1.29 is 26.7 Å². The van der Waals surface area contributed by atoms with E-state index in [9.17, 15) is 22.0 Å². The van der Waals surface area contributed by atoms with Gasteiger partial charge in [0.2, 0.25) is 0 Å². The zero-order chi connectivity index (χ0) is 21.9. The van der Waals surface area contributed by atoms with Crippen molar-refractivity contribution in [2.45, 2.75) is 55.1 Å². The first-order valence-corrected chi connectivity index (χ1v) is 11.9. The fourth-order valence-electron chi connectivity index (χ4n) is 4.56. The number of hydrogen-bond acceptors (Lipinski definition) is 4. The Labute approximate surface area is 180 Å². The second-order valence-electron chi connectivity index (χ2n) is 7.90. The van der Waals surface area contributed by atoms with E-state index in [1.165, 1.54) is 24.3 Å². The molecule has 1 saturated carbocycles. The third kappa shape index (κ3) is 4.47. The van der Waals surface area contributed by atoms with Crippen LogP contribution in [0.2, 0.25) is 5.02 Å². The van der Waals surface area contributed by atoms with Gasteiger partial charge in [0.25, 0.3) is 0 Å². The van der Waals surface area contributed by atoms with Gasteiger partial charge < -0.3 is 4.74 Å². The van der Waals surface area contributed by atoms with Crippen molar-refractivity contribution in [3.8, 4) is 0 Å². The molecule has 0 amide bonds. The van der Waals surface area contributed by atoms with Crippen molar-refractivity contribution in [3.63, 3.8) is 0 Å². The third-order valence-corrected chi connectivity index (χ3v) is 9.07. The quantitative estimate of drug-likeness (QED) is 0.511. The molecule has 2 aliphatic carbocycles. The lowest BCUT2D eigenvalue weighted by atomic mass is 9.71. The minimum atomic E-state index is -4.01. The molecule has 0 heterocycles. The molecule has 1 atom stereocenters. The highest BCUT2D eigenvalue weighted by molar-refractivity contribution is 7.92. The number of carbonyl (C=O) groups is 1. The first kappa shape index (κ1) is 22.9. The standard InChI is InChI=1S/C22H25ClF2O4S/c1-2-29-21(26)13-15-9-11-22(12-10-15,19-14-17(24)5-8-20(19)25)30(27,28)18-6-3-16(23)4-7-18/h3-8,15,19H,2,9-14H2,1H3. The van der Waals surface area contributed by atoms with Gasteiger partial charge in [-0.05, 0) is 74.9 Å². The van der Waals surface area contributed by atoms with Crippen LogP contribution in [-0.4, -0.2) is 25.7 Å². The molecular formula is C22H25ClF2O4S. The molecule has 0 radical (unpaired) electrons. The van der Waals surface area contributed by atoms with Crippen molar-refractivity contribution in [1.82, 2.24) is 0 Å². The van der Waals surface area contributed by atoms with E-state index in [1.807, 2.05) is 0 Å². The summed E-state index contributed by atoms with van der Waals surface area (Å²) < 4.78 is 59.9. The SMILES string of the molecule is CCOC(=O)CC1CCC(C2CC(F)=CC=C2F)(S(=O)(=O)c2ccc(Cl)cc2)CC1. The molecule has 4 nitrogen and oxygen atoms in total. The molecule has 0 spiro atoms. The molecule has 30 heavy (non-hydrogen) atoms. The maximum atomic E-state index is 14.9. The largest absolute Gasteiger partial charge is 0.466 e. The maximum Gasteiger partial charge on any atom is 0.306 e. The molecule has 0 aromatic heterocycles. The Morgan fingerprint density at radius 3 is 2.40 bits per heavy atom. The first-order valence-electron chi connectivity index (χ1n) is 10.1. The molecule has 3 rings (SSSR count). The fourth-order valence-corrected chi connectivity index (χ4v) is 7.00. The number of carbonyl (C=O) groups excluding carboxylic acids is 1. The third-order valence-electron chi connectivity index (χ3n) is 6.16. The number of esters is 1. The smallest absolute Gasteiger partial charge is 0.306 e. The number of sulfone groups is 1. The van der Waals surface area contributed by atoms with Crippen LogP contribution >= 0.6 is 11.6 Å². The summed E-state index contributed by atoms with van der Waals surface area (Å²) >= 11 is 5.90. The summed E-state index contributed by atoms with van der Waals surface area (Å²) in [5.74, 6) is -2.65. The second-order valence-corrected chi connectivity index (χ2v) is 10.6. The lowest BCUT2D eigenvalue weighted by molar-refractivity contribution is -0.144. The summed E-state index contributed by atoms with van der Waals surface area (Å²) in [6.07, 6.45) is 3.08.